The molecule has 6 heteroatoms. The molecule has 2 aromatic rings. The number of hydrogen-bond acceptors (Lipinski definition) is 6. The highest BCUT2D eigenvalue weighted by Gasteiger charge is 2.19. The molecule has 4 nitrogen and oxygen atoms in total. The number of carbonyl (C=O) groups excluding carboxylic acids is 1. The molecule has 19 heavy (non-hydrogen) atoms. The van der Waals surface area contributed by atoms with Crippen LogP contribution in [0.2, 0.25) is 0 Å². The van der Waals surface area contributed by atoms with Crippen LogP contribution >= 0.6 is 23.1 Å². The third kappa shape index (κ3) is 2.90. The maximum absolute atomic E-state index is 11.7. The Labute approximate surface area is 120 Å². The standard InChI is InChI=1S/C13H16N2O2S2/c1-5-17-13(16)9(4)19-12-10-7(2)8(3)18-11(10)14-6-15-12/h6,9H,5H2,1-4H3/t9-/m1/s1. The SMILES string of the molecule is CCOC(=O)[C@@H](C)Sc1ncnc2sc(C)c(C)c12. The maximum Gasteiger partial charge on any atom is 0.319 e. The number of ether oxygens (including phenoxy) is 1. The predicted octanol–water partition coefficient (Wildman–Crippen LogP) is 3.35. The van der Waals surface area contributed by atoms with E-state index < -0.39 is 0 Å². The van der Waals surface area contributed by atoms with Crippen LogP contribution < -0.4 is 0 Å². The van der Waals surface area contributed by atoms with Crippen LogP contribution in [-0.4, -0.2) is 27.8 Å². The summed E-state index contributed by atoms with van der Waals surface area (Å²) in [4.78, 5) is 22.5. The first-order chi connectivity index (χ1) is 9.04. The molecule has 0 saturated heterocycles. The van der Waals surface area contributed by atoms with Gasteiger partial charge < -0.3 is 4.74 Å². The van der Waals surface area contributed by atoms with Crippen molar-refractivity contribution in [3.8, 4) is 0 Å². The summed E-state index contributed by atoms with van der Waals surface area (Å²) < 4.78 is 5.02. The van der Waals surface area contributed by atoms with Gasteiger partial charge in [0, 0.05) is 10.3 Å². The zero-order chi connectivity index (χ0) is 14.0. The number of aromatic nitrogens is 2. The van der Waals surface area contributed by atoms with E-state index in [1.54, 1.807) is 17.7 Å². The van der Waals surface area contributed by atoms with E-state index in [1.165, 1.54) is 22.2 Å². The minimum atomic E-state index is -0.266. The van der Waals surface area contributed by atoms with Crippen molar-refractivity contribution in [3.05, 3.63) is 16.8 Å². The number of esters is 1. The smallest absolute Gasteiger partial charge is 0.319 e. The van der Waals surface area contributed by atoms with Gasteiger partial charge in [0.1, 0.15) is 21.4 Å². The van der Waals surface area contributed by atoms with Gasteiger partial charge in [0.15, 0.2) is 0 Å². The number of thiophene rings is 1. The predicted molar refractivity (Wildman–Crippen MR) is 78.8 cm³/mol. The quantitative estimate of drug-likeness (QED) is 0.492. The number of rotatable bonds is 4. The fourth-order valence-corrected chi connectivity index (χ4v) is 3.75. The van der Waals surface area contributed by atoms with E-state index >= 15 is 0 Å². The van der Waals surface area contributed by atoms with Gasteiger partial charge in [-0.3, -0.25) is 4.79 Å². The summed E-state index contributed by atoms with van der Waals surface area (Å²) in [5.41, 5.74) is 1.19. The van der Waals surface area contributed by atoms with Crippen LogP contribution in [0, 0.1) is 13.8 Å². The van der Waals surface area contributed by atoms with E-state index in [2.05, 4.69) is 23.8 Å². The molecule has 2 rings (SSSR count). The van der Waals surface area contributed by atoms with Gasteiger partial charge >= 0.3 is 5.97 Å². The Kier molecular flexibility index (Phi) is 4.42. The minimum absolute atomic E-state index is 0.205. The molecule has 2 aromatic heterocycles. The summed E-state index contributed by atoms with van der Waals surface area (Å²) in [6, 6.07) is 0. The first kappa shape index (κ1) is 14.3. The van der Waals surface area contributed by atoms with E-state index in [0.29, 0.717) is 6.61 Å². The molecule has 0 aliphatic heterocycles. The number of hydrogen-bond donors (Lipinski definition) is 0. The second-order valence-electron chi connectivity index (χ2n) is 4.15. The molecule has 0 aliphatic carbocycles. The van der Waals surface area contributed by atoms with Crippen LogP contribution in [0.1, 0.15) is 24.3 Å². The second kappa shape index (κ2) is 5.88. The number of nitrogens with zero attached hydrogens (tertiary/aromatic N) is 2. The van der Waals surface area contributed by atoms with Crippen LogP contribution in [0.25, 0.3) is 10.2 Å². The van der Waals surface area contributed by atoms with Gasteiger partial charge in [-0.15, -0.1) is 11.3 Å². The lowest BCUT2D eigenvalue weighted by Crippen LogP contribution is -2.16. The molecule has 0 radical (unpaired) electrons. The molecule has 1 atom stereocenters. The maximum atomic E-state index is 11.7. The highest BCUT2D eigenvalue weighted by molar-refractivity contribution is 8.00. The average Bonchev–Trinajstić information content (AvgIpc) is 2.66. The molecule has 0 N–H and O–H groups in total. The highest BCUT2D eigenvalue weighted by Crippen LogP contribution is 2.35. The van der Waals surface area contributed by atoms with Gasteiger partial charge in [-0.2, -0.15) is 0 Å². The Morgan fingerprint density at radius 2 is 2.21 bits per heavy atom. The van der Waals surface area contributed by atoms with E-state index in [0.717, 1.165) is 15.2 Å². The van der Waals surface area contributed by atoms with E-state index in [-0.39, 0.29) is 11.2 Å². The summed E-state index contributed by atoms with van der Waals surface area (Å²) in [5, 5.41) is 1.65. The summed E-state index contributed by atoms with van der Waals surface area (Å²) >= 11 is 3.09. The second-order valence-corrected chi connectivity index (χ2v) is 6.69. The molecule has 0 unspecified atom stereocenters. The van der Waals surface area contributed by atoms with Gasteiger partial charge in [-0.05, 0) is 33.3 Å². The Balaban J connectivity index is 2.33. The van der Waals surface area contributed by atoms with Crippen molar-refractivity contribution >= 4 is 39.3 Å². The van der Waals surface area contributed by atoms with Crippen LogP contribution in [0.15, 0.2) is 11.4 Å². The third-order valence-electron chi connectivity index (χ3n) is 2.84. The van der Waals surface area contributed by atoms with Crippen molar-refractivity contribution in [3.63, 3.8) is 0 Å². The molecule has 0 spiro atoms. The van der Waals surface area contributed by atoms with Gasteiger partial charge in [0.25, 0.3) is 0 Å². The Hall–Kier alpha value is -1.14. The lowest BCUT2D eigenvalue weighted by molar-refractivity contribution is -0.142. The fourth-order valence-electron chi connectivity index (χ4n) is 1.71. The van der Waals surface area contributed by atoms with Crippen molar-refractivity contribution in [1.82, 2.24) is 9.97 Å². The average molecular weight is 296 g/mol. The van der Waals surface area contributed by atoms with E-state index in [9.17, 15) is 4.79 Å². The molecule has 0 amide bonds. The normalized spacial score (nSPS) is 12.6. The number of thioether (sulfide) groups is 1. The fraction of sp³-hybridized carbons (Fsp3) is 0.462. The summed E-state index contributed by atoms with van der Waals surface area (Å²) in [6.45, 7) is 8.19. The van der Waals surface area contributed by atoms with Gasteiger partial charge in [-0.25, -0.2) is 9.97 Å². The molecule has 102 valence electrons. The van der Waals surface area contributed by atoms with Crippen LogP contribution in [-0.2, 0) is 9.53 Å². The molecule has 0 fully saturated rings. The number of carbonyl (C=O) groups is 1. The topological polar surface area (TPSA) is 52.1 Å². The van der Waals surface area contributed by atoms with Crippen LogP contribution in [0.3, 0.4) is 0 Å². The van der Waals surface area contributed by atoms with Crippen molar-refractivity contribution < 1.29 is 9.53 Å². The molecule has 0 aromatic carbocycles. The summed E-state index contributed by atoms with van der Waals surface area (Å²) in [5.74, 6) is -0.205. The molecular weight excluding hydrogens is 280 g/mol. The van der Waals surface area contributed by atoms with Crippen LogP contribution in [0.5, 0.6) is 0 Å². The van der Waals surface area contributed by atoms with Gasteiger partial charge in [-0.1, -0.05) is 11.8 Å². The van der Waals surface area contributed by atoms with E-state index in [4.69, 9.17) is 4.74 Å². The largest absolute Gasteiger partial charge is 0.465 e. The van der Waals surface area contributed by atoms with Gasteiger partial charge in [0.2, 0.25) is 0 Å². The molecule has 0 saturated carbocycles. The zero-order valence-electron chi connectivity index (χ0n) is 11.4. The number of fused-ring (bicyclic) bond motifs is 1. The van der Waals surface area contributed by atoms with Crippen molar-refractivity contribution in [2.75, 3.05) is 6.61 Å². The molecular formula is C13H16N2O2S2. The first-order valence-electron chi connectivity index (χ1n) is 6.08. The van der Waals surface area contributed by atoms with Crippen molar-refractivity contribution in [2.24, 2.45) is 0 Å². The zero-order valence-corrected chi connectivity index (χ0v) is 13.0. The van der Waals surface area contributed by atoms with Crippen LogP contribution in [0.4, 0.5) is 0 Å². The third-order valence-corrected chi connectivity index (χ3v) is 5.03. The molecule has 2 heterocycles. The molecule has 0 aliphatic rings. The number of aryl methyl sites for hydroxylation is 2. The molecule has 0 bridgehead atoms. The van der Waals surface area contributed by atoms with Crippen molar-refractivity contribution in [1.29, 1.82) is 0 Å². The van der Waals surface area contributed by atoms with Crippen molar-refractivity contribution in [2.45, 2.75) is 38.0 Å². The van der Waals surface area contributed by atoms with E-state index in [1.807, 2.05) is 13.8 Å². The lowest BCUT2D eigenvalue weighted by atomic mass is 10.2. The van der Waals surface area contributed by atoms with Gasteiger partial charge in [0.05, 0.1) is 6.61 Å². The Morgan fingerprint density at radius 3 is 2.89 bits per heavy atom. The Bertz CT molecular complexity index is 610. The minimum Gasteiger partial charge on any atom is -0.465 e. The summed E-state index contributed by atoms with van der Waals surface area (Å²) in [7, 11) is 0. The first-order valence-corrected chi connectivity index (χ1v) is 7.78. The summed E-state index contributed by atoms with van der Waals surface area (Å²) in [6.07, 6.45) is 1.55. The highest BCUT2D eigenvalue weighted by atomic mass is 32.2. The Morgan fingerprint density at radius 1 is 1.47 bits per heavy atom. The monoisotopic (exact) mass is 296 g/mol. The lowest BCUT2D eigenvalue weighted by Gasteiger charge is -2.10.